The first-order chi connectivity index (χ1) is 8.16. The van der Waals surface area contributed by atoms with E-state index in [2.05, 4.69) is 11.9 Å². The zero-order chi connectivity index (χ0) is 12.3. The SMILES string of the molecule is CN(C[C@H]1CC[C@@H](C(=O)O)O1)C1CCCCC1. The Balaban J connectivity index is 1.75. The minimum Gasteiger partial charge on any atom is -0.479 e. The number of rotatable bonds is 4. The maximum Gasteiger partial charge on any atom is 0.332 e. The molecule has 1 heterocycles. The summed E-state index contributed by atoms with van der Waals surface area (Å²) >= 11 is 0. The standard InChI is InChI=1S/C13H23NO3/c1-14(10-5-3-2-4-6-10)9-11-7-8-12(17-11)13(15)16/h10-12H,2-9H2,1H3,(H,15,16)/t11-,12+/m1/s1. The van der Waals surface area contributed by atoms with Crippen LogP contribution in [0, 0.1) is 0 Å². The number of carbonyl (C=O) groups is 1. The topological polar surface area (TPSA) is 49.8 Å². The molecular formula is C13H23NO3. The number of ether oxygens (including phenoxy) is 1. The number of hydrogen-bond donors (Lipinski definition) is 1. The highest BCUT2D eigenvalue weighted by Crippen LogP contribution is 2.25. The van der Waals surface area contributed by atoms with Gasteiger partial charge in [-0.25, -0.2) is 4.79 Å². The molecule has 4 heteroatoms. The van der Waals surface area contributed by atoms with E-state index < -0.39 is 12.1 Å². The molecule has 4 nitrogen and oxygen atoms in total. The van der Waals surface area contributed by atoms with Gasteiger partial charge in [0.05, 0.1) is 6.10 Å². The highest BCUT2D eigenvalue weighted by molar-refractivity contribution is 5.72. The third kappa shape index (κ3) is 3.42. The van der Waals surface area contributed by atoms with Crippen LogP contribution in [0.3, 0.4) is 0 Å². The summed E-state index contributed by atoms with van der Waals surface area (Å²) in [6.45, 7) is 0.883. The highest BCUT2D eigenvalue weighted by Gasteiger charge is 2.32. The van der Waals surface area contributed by atoms with E-state index in [0.29, 0.717) is 12.5 Å². The Morgan fingerprint density at radius 1 is 1.24 bits per heavy atom. The maximum absolute atomic E-state index is 10.8. The summed E-state index contributed by atoms with van der Waals surface area (Å²) < 4.78 is 5.54. The van der Waals surface area contributed by atoms with Gasteiger partial charge in [0.2, 0.25) is 0 Å². The molecule has 0 aromatic heterocycles. The van der Waals surface area contributed by atoms with E-state index in [1.807, 2.05) is 0 Å². The van der Waals surface area contributed by atoms with Gasteiger partial charge in [0.15, 0.2) is 6.10 Å². The number of carboxylic acids is 1. The van der Waals surface area contributed by atoms with E-state index in [0.717, 1.165) is 13.0 Å². The van der Waals surface area contributed by atoms with Crippen molar-refractivity contribution in [1.82, 2.24) is 4.90 Å². The van der Waals surface area contributed by atoms with Gasteiger partial charge >= 0.3 is 5.97 Å². The van der Waals surface area contributed by atoms with E-state index in [1.165, 1.54) is 32.1 Å². The lowest BCUT2D eigenvalue weighted by atomic mass is 9.94. The molecule has 17 heavy (non-hydrogen) atoms. The van der Waals surface area contributed by atoms with Crippen molar-refractivity contribution < 1.29 is 14.6 Å². The van der Waals surface area contributed by atoms with Crippen LogP contribution >= 0.6 is 0 Å². The molecule has 2 fully saturated rings. The van der Waals surface area contributed by atoms with Gasteiger partial charge in [-0.15, -0.1) is 0 Å². The summed E-state index contributed by atoms with van der Waals surface area (Å²) in [5, 5.41) is 8.88. The van der Waals surface area contributed by atoms with Crippen LogP contribution in [0.5, 0.6) is 0 Å². The zero-order valence-electron chi connectivity index (χ0n) is 10.6. The first kappa shape index (κ1) is 12.8. The molecular weight excluding hydrogens is 218 g/mol. The number of nitrogens with zero attached hydrogens (tertiary/aromatic N) is 1. The first-order valence-corrected chi connectivity index (χ1v) is 6.75. The summed E-state index contributed by atoms with van der Waals surface area (Å²) in [5.41, 5.74) is 0. The van der Waals surface area contributed by atoms with Gasteiger partial charge in [-0.05, 0) is 32.7 Å². The maximum atomic E-state index is 10.8. The van der Waals surface area contributed by atoms with Gasteiger partial charge in [-0.1, -0.05) is 19.3 Å². The van der Waals surface area contributed by atoms with Crippen molar-refractivity contribution in [3.63, 3.8) is 0 Å². The molecule has 2 aliphatic rings. The molecule has 2 atom stereocenters. The molecule has 0 radical (unpaired) electrons. The quantitative estimate of drug-likeness (QED) is 0.816. The number of carboxylic acid groups (broad SMARTS) is 1. The van der Waals surface area contributed by atoms with Gasteiger partial charge in [0, 0.05) is 12.6 Å². The molecule has 0 amide bonds. The van der Waals surface area contributed by atoms with Gasteiger partial charge in [-0.3, -0.25) is 0 Å². The van der Waals surface area contributed by atoms with Gasteiger partial charge in [0.25, 0.3) is 0 Å². The second-order valence-corrected chi connectivity index (χ2v) is 5.39. The Morgan fingerprint density at radius 2 is 1.94 bits per heavy atom. The fraction of sp³-hybridized carbons (Fsp3) is 0.923. The molecule has 0 bridgehead atoms. The molecule has 1 saturated heterocycles. The summed E-state index contributed by atoms with van der Waals surface area (Å²) in [4.78, 5) is 13.2. The fourth-order valence-corrected chi connectivity index (χ4v) is 3.01. The minimum atomic E-state index is -0.812. The molecule has 1 N–H and O–H groups in total. The average Bonchev–Trinajstić information content (AvgIpc) is 2.79. The van der Waals surface area contributed by atoms with Crippen LogP contribution in [0.25, 0.3) is 0 Å². The smallest absolute Gasteiger partial charge is 0.332 e. The van der Waals surface area contributed by atoms with Crippen molar-refractivity contribution in [3.8, 4) is 0 Å². The minimum absolute atomic E-state index is 0.114. The Kier molecular flexibility index (Phi) is 4.40. The second-order valence-electron chi connectivity index (χ2n) is 5.39. The molecule has 0 aromatic rings. The Hall–Kier alpha value is -0.610. The monoisotopic (exact) mass is 241 g/mol. The molecule has 0 unspecified atom stereocenters. The van der Waals surface area contributed by atoms with Crippen molar-refractivity contribution in [2.45, 2.75) is 63.2 Å². The summed E-state index contributed by atoms with van der Waals surface area (Å²) in [7, 11) is 2.15. The van der Waals surface area contributed by atoms with Gasteiger partial charge < -0.3 is 14.7 Å². The Morgan fingerprint density at radius 3 is 2.53 bits per heavy atom. The third-order valence-corrected chi connectivity index (χ3v) is 4.07. The van der Waals surface area contributed by atoms with Crippen LogP contribution in [0.1, 0.15) is 44.9 Å². The van der Waals surface area contributed by atoms with Gasteiger partial charge in [0.1, 0.15) is 0 Å². The van der Waals surface area contributed by atoms with Crippen molar-refractivity contribution in [3.05, 3.63) is 0 Å². The summed E-state index contributed by atoms with van der Waals surface area (Å²) in [6, 6.07) is 0.677. The Labute approximate surface area is 103 Å². The molecule has 1 aliphatic heterocycles. The van der Waals surface area contributed by atoms with E-state index in [4.69, 9.17) is 9.84 Å². The van der Waals surface area contributed by atoms with Crippen LogP contribution in [0.2, 0.25) is 0 Å². The van der Waals surface area contributed by atoms with Crippen molar-refractivity contribution in [1.29, 1.82) is 0 Å². The van der Waals surface area contributed by atoms with Crippen LogP contribution in [0.15, 0.2) is 0 Å². The lowest BCUT2D eigenvalue weighted by molar-refractivity contribution is -0.149. The predicted octanol–water partition coefficient (Wildman–Crippen LogP) is 1.88. The van der Waals surface area contributed by atoms with E-state index in [9.17, 15) is 4.79 Å². The van der Waals surface area contributed by atoms with Crippen LogP contribution in [0.4, 0.5) is 0 Å². The number of hydrogen-bond acceptors (Lipinski definition) is 3. The van der Waals surface area contributed by atoms with E-state index in [1.54, 1.807) is 0 Å². The molecule has 1 saturated carbocycles. The summed E-state index contributed by atoms with van der Waals surface area (Å²) in [5.74, 6) is -0.812. The lowest BCUT2D eigenvalue weighted by Crippen LogP contribution is -2.39. The van der Waals surface area contributed by atoms with E-state index in [-0.39, 0.29) is 6.10 Å². The first-order valence-electron chi connectivity index (χ1n) is 6.75. The van der Waals surface area contributed by atoms with Crippen LogP contribution < -0.4 is 0 Å². The van der Waals surface area contributed by atoms with Gasteiger partial charge in [-0.2, -0.15) is 0 Å². The molecule has 0 aromatic carbocycles. The average molecular weight is 241 g/mol. The van der Waals surface area contributed by atoms with Crippen LogP contribution in [-0.2, 0) is 9.53 Å². The molecule has 98 valence electrons. The highest BCUT2D eigenvalue weighted by atomic mass is 16.5. The van der Waals surface area contributed by atoms with Crippen molar-refractivity contribution in [2.75, 3.05) is 13.6 Å². The molecule has 1 aliphatic carbocycles. The summed E-state index contributed by atoms with van der Waals surface area (Å²) in [6.07, 6.45) is 7.69. The third-order valence-electron chi connectivity index (χ3n) is 4.07. The zero-order valence-corrected chi connectivity index (χ0v) is 10.6. The second kappa shape index (κ2) is 5.83. The Bertz CT molecular complexity index is 263. The number of aliphatic carboxylic acids is 1. The van der Waals surface area contributed by atoms with E-state index >= 15 is 0 Å². The fourth-order valence-electron chi connectivity index (χ4n) is 3.01. The van der Waals surface area contributed by atoms with Crippen LogP contribution in [-0.4, -0.2) is 47.8 Å². The predicted molar refractivity (Wildman–Crippen MR) is 65.0 cm³/mol. The normalized spacial score (nSPS) is 30.9. The lowest BCUT2D eigenvalue weighted by Gasteiger charge is -2.32. The molecule has 0 spiro atoms. The molecule has 2 rings (SSSR count). The number of likely N-dealkylation sites (N-methyl/N-ethyl adjacent to an activating group) is 1. The van der Waals surface area contributed by atoms with Crippen molar-refractivity contribution >= 4 is 5.97 Å². The largest absolute Gasteiger partial charge is 0.479 e. The van der Waals surface area contributed by atoms with Crippen molar-refractivity contribution in [2.24, 2.45) is 0 Å².